The van der Waals surface area contributed by atoms with E-state index >= 15 is 0 Å². The van der Waals surface area contributed by atoms with Crippen molar-refractivity contribution in [1.29, 1.82) is 5.26 Å². The van der Waals surface area contributed by atoms with Gasteiger partial charge in [0.1, 0.15) is 5.75 Å². The average molecular weight is 178 g/mol. The molecule has 68 valence electrons. The van der Waals surface area contributed by atoms with Gasteiger partial charge in [-0.2, -0.15) is 5.26 Å². The zero-order valence-electron chi connectivity index (χ0n) is 7.57. The fraction of sp³-hybridized carbons (Fsp3) is 0.333. The van der Waals surface area contributed by atoms with E-state index < -0.39 is 0 Å². The molecule has 0 saturated carbocycles. The molecule has 0 aliphatic rings. The minimum atomic E-state index is 0.236. The van der Waals surface area contributed by atoms with E-state index in [4.69, 9.17) is 14.7 Å². The van der Waals surface area contributed by atoms with E-state index in [-0.39, 0.29) is 6.42 Å². The highest BCUT2D eigenvalue weighted by molar-refractivity contribution is 5.41. The number of hydrogen-bond acceptors (Lipinski definition) is 4. The Balaban J connectivity index is 3.14. The standard InChI is InChI=1S/C9H10N2O2/c1-12-8-4-6-11-9(13-2)7(8)3-5-10/h4,6H,3H2,1-2H3. The lowest BCUT2D eigenvalue weighted by Gasteiger charge is -2.08. The maximum Gasteiger partial charge on any atom is 0.221 e. The summed E-state index contributed by atoms with van der Waals surface area (Å²) in [5, 5.41) is 8.57. The molecule has 0 fully saturated rings. The Hall–Kier alpha value is -1.76. The molecule has 1 aromatic rings. The van der Waals surface area contributed by atoms with Crippen molar-refractivity contribution >= 4 is 0 Å². The van der Waals surface area contributed by atoms with E-state index in [9.17, 15) is 0 Å². The molecule has 0 saturated heterocycles. The number of ether oxygens (including phenoxy) is 2. The van der Waals surface area contributed by atoms with Gasteiger partial charge in [0.15, 0.2) is 0 Å². The van der Waals surface area contributed by atoms with Crippen LogP contribution in [0.15, 0.2) is 12.3 Å². The maximum atomic E-state index is 8.57. The van der Waals surface area contributed by atoms with Gasteiger partial charge in [0, 0.05) is 6.20 Å². The molecule has 1 heterocycles. The molecule has 0 amide bonds. The third-order valence-corrected chi connectivity index (χ3v) is 1.64. The number of aromatic nitrogens is 1. The van der Waals surface area contributed by atoms with Gasteiger partial charge in [-0.1, -0.05) is 0 Å². The topological polar surface area (TPSA) is 55.1 Å². The summed E-state index contributed by atoms with van der Waals surface area (Å²) in [6, 6.07) is 3.74. The van der Waals surface area contributed by atoms with E-state index in [0.29, 0.717) is 17.2 Å². The van der Waals surface area contributed by atoms with Crippen LogP contribution in [-0.2, 0) is 6.42 Å². The zero-order chi connectivity index (χ0) is 9.68. The van der Waals surface area contributed by atoms with Gasteiger partial charge >= 0.3 is 0 Å². The Morgan fingerprint density at radius 2 is 2.23 bits per heavy atom. The summed E-state index contributed by atoms with van der Waals surface area (Å²) in [4.78, 5) is 3.97. The van der Waals surface area contributed by atoms with Gasteiger partial charge < -0.3 is 9.47 Å². The Labute approximate surface area is 76.7 Å². The second kappa shape index (κ2) is 4.31. The third-order valence-electron chi connectivity index (χ3n) is 1.64. The van der Waals surface area contributed by atoms with E-state index in [1.165, 1.54) is 7.11 Å². The normalized spacial score (nSPS) is 9.00. The lowest BCUT2D eigenvalue weighted by atomic mass is 10.2. The van der Waals surface area contributed by atoms with Crippen molar-refractivity contribution in [3.8, 4) is 17.7 Å². The molecule has 4 heteroatoms. The summed E-state index contributed by atoms with van der Waals surface area (Å²) in [6.45, 7) is 0. The van der Waals surface area contributed by atoms with Crippen molar-refractivity contribution in [2.24, 2.45) is 0 Å². The summed E-state index contributed by atoms with van der Waals surface area (Å²) in [7, 11) is 3.07. The summed E-state index contributed by atoms with van der Waals surface area (Å²) >= 11 is 0. The third kappa shape index (κ3) is 1.88. The van der Waals surface area contributed by atoms with Crippen LogP contribution in [-0.4, -0.2) is 19.2 Å². The molecule has 0 N–H and O–H groups in total. The minimum Gasteiger partial charge on any atom is -0.496 e. The summed E-state index contributed by atoms with van der Waals surface area (Å²) in [5.41, 5.74) is 0.690. The fourth-order valence-corrected chi connectivity index (χ4v) is 1.07. The predicted octanol–water partition coefficient (Wildman–Crippen LogP) is 1.16. The first kappa shape index (κ1) is 9.33. The number of nitrogens with zero attached hydrogens (tertiary/aromatic N) is 2. The van der Waals surface area contributed by atoms with Crippen molar-refractivity contribution in [3.63, 3.8) is 0 Å². The van der Waals surface area contributed by atoms with E-state index in [1.54, 1.807) is 19.4 Å². The highest BCUT2D eigenvalue weighted by Gasteiger charge is 2.09. The lowest BCUT2D eigenvalue weighted by Crippen LogP contribution is -1.97. The van der Waals surface area contributed by atoms with Gasteiger partial charge in [-0.3, -0.25) is 0 Å². The van der Waals surface area contributed by atoms with Crippen LogP contribution in [0.4, 0.5) is 0 Å². The lowest BCUT2D eigenvalue weighted by molar-refractivity contribution is 0.375. The smallest absolute Gasteiger partial charge is 0.221 e. The van der Waals surface area contributed by atoms with Gasteiger partial charge in [-0.15, -0.1) is 0 Å². The second-order valence-corrected chi connectivity index (χ2v) is 2.34. The quantitative estimate of drug-likeness (QED) is 0.697. The Kier molecular flexibility index (Phi) is 3.09. The molecular weight excluding hydrogens is 168 g/mol. The van der Waals surface area contributed by atoms with Crippen LogP contribution in [0.3, 0.4) is 0 Å². The molecule has 1 rings (SSSR count). The average Bonchev–Trinajstić information content (AvgIpc) is 2.18. The zero-order valence-corrected chi connectivity index (χ0v) is 7.57. The van der Waals surface area contributed by atoms with Crippen molar-refractivity contribution in [2.45, 2.75) is 6.42 Å². The fourth-order valence-electron chi connectivity index (χ4n) is 1.07. The van der Waals surface area contributed by atoms with Crippen LogP contribution < -0.4 is 9.47 Å². The first-order chi connectivity index (χ1) is 6.33. The van der Waals surface area contributed by atoms with Crippen LogP contribution in [0.1, 0.15) is 5.56 Å². The number of methoxy groups -OCH3 is 2. The highest BCUT2D eigenvalue weighted by Crippen LogP contribution is 2.25. The minimum absolute atomic E-state index is 0.236. The molecule has 0 aliphatic heterocycles. The number of rotatable bonds is 3. The van der Waals surface area contributed by atoms with E-state index in [0.717, 1.165) is 0 Å². The molecule has 0 aromatic carbocycles. The van der Waals surface area contributed by atoms with Crippen LogP contribution in [0, 0.1) is 11.3 Å². The molecule has 0 atom stereocenters. The van der Waals surface area contributed by atoms with Gasteiger partial charge in [0.2, 0.25) is 5.88 Å². The Bertz CT molecular complexity index is 309. The van der Waals surface area contributed by atoms with Crippen molar-refractivity contribution in [2.75, 3.05) is 14.2 Å². The number of pyridine rings is 1. The molecule has 0 radical (unpaired) electrons. The molecule has 0 unspecified atom stereocenters. The van der Waals surface area contributed by atoms with Crippen LogP contribution in [0.2, 0.25) is 0 Å². The van der Waals surface area contributed by atoms with E-state index in [1.807, 2.05) is 6.07 Å². The van der Waals surface area contributed by atoms with Gasteiger partial charge in [-0.25, -0.2) is 4.98 Å². The molecule has 13 heavy (non-hydrogen) atoms. The van der Waals surface area contributed by atoms with E-state index in [2.05, 4.69) is 4.98 Å². The molecule has 1 aromatic heterocycles. The SMILES string of the molecule is COc1ccnc(OC)c1CC#N. The molecule has 0 spiro atoms. The highest BCUT2D eigenvalue weighted by atomic mass is 16.5. The monoisotopic (exact) mass is 178 g/mol. The van der Waals surface area contributed by atoms with Crippen molar-refractivity contribution < 1.29 is 9.47 Å². The second-order valence-electron chi connectivity index (χ2n) is 2.34. The number of nitriles is 1. The molecule has 0 aliphatic carbocycles. The van der Waals surface area contributed by atoms with Gasteiger partial charge in [-0.05, 0) is 6.07 Å². The summed E-state index contributed by atoms with van der Waals surface area (Å²) < 4.78 is 10.1. The Morgan fingerprint density at radius 1 is 1.46 bits per heavy atom. The molecule has 4 nitrogen and oxygen atoms in total. The first-order valence-corrected chi connectivity index (χ1v) is 3.76. The molecular formula is C9H10N2O2. The van der Waals surface area contributed by atoms with Crippen molar-refractivity contribution in [1.82, 2.24) is 4.98 Å². The van der Waals surface area contributed by atoms with Gasteiger partial charge in [0.25, 0.3) is 0 Å². The largest absolute Gasteiger partial charge is 0.496 e. The number of hydrogen-bond donors (Lipinski definition) is 0. The van der Waals surface area contributed by atoms with Gasteiger partial charge in [0.05, 0.1) is 32.3 Å². The first-order valence-electron chi connectivity index (χ1n) is 3.76. The maximum absolute atomic E-state index is 8.57. The van der Waals surface area contributed by atoms with Crippen molar-refractivity contribution in [3.05, 3.63) is 17.8 Å². The Morgan fingerprint density at radius 3 is 2.77 bits per heavy atom. The summed E-state index contributed by atoms with van der Waals surface area (Å²) in [5.74, 6) is 1.08. The van der Waals surface area contributed by atoms with Crippen LogP contribution in [0.25, 0.3) is 0 Å². The summed E-state index contributed by atoms with van der Waals surface area (Å²) in [6.07, 6.45) is 1.82. The molecule has 0 bridgehead atoms. The predicted molar refractivity (Wildman–Crippen MR) is 46.7 cm³/mol. The van der Waals surface area contributed by atoms with Crippen LogP contribution in [0.5, 0.6) is 11.6 Å². The van der Waals surface area contributed by atoms with Crippen LogP contribution >= 0.6 is 0 Å².